The Morgan fingerprint density at radius 3 is 2.58 bits per heavy atom. The van der Waals surface area contributed by atoms with Crippen molar-refractivity contribution in [2.75, 3.05) is 34.1 Å². The largest absolute Gasteiger partial charge is 0.492 e. The van der Waals surface area contributed by atoms with Gasteiger partial charge in [0.05, 0.1) is 24.8 Å². The number of nitrogens with zero attached hydrogens (tertiary/aromatic N) is 1. The lowest BCUT2D eigenvalue weighted by atomic mass is 9.97. The van der Waals surface area contributed by atoms with E-state index in [1.54, 1.807) is 20.9 Å². The average molecular weight is 386 g/mol. The molecular weight excluding hydrogens is 364 g/mol. The summed E-state index contributed by atoms with van der Waals surface area (Å²) in [6.07, 6.45) is 0.320. The molecule has 26 heavy (non-hydrogen) atoms. The molecule has 2 heterocycles. The van der Waals surface area contributed by atoms with Gasteiger partial charge >= 0.3 is 0 Å². The molecule has 2 aliphatic rings. The number of aliphatic hydroxyl groups excluding tert-OH is 1. The highest BCUT2D eigenvalue weighted by Gasteiger charge is 2.41. The summed E-state index contributed by atoms with van der Waals surface area (Å²) in [7, 11) is -1.08. The molecule has 10 heteroatoms. The molecule has 144 valence electrons. The number of carbonyl (C=O) groups excluding carboxylic acids is 1. The summed E-state index contributed by atoms with van der Waals surface area (Å²) in [6, 6.07) is 0. The minimum atomic E-state index is -4.10. The SMILES string of the molecule is COc1c2c(c(S(=O)(=O)NC(C)(C)CO)c3c1C(=O)N(C)CC3)OCO2. The number of ether oxygens (including phenoxy) is 3. The van der Waals surface area contributed by atoms with Gasteiger partial charge in [0, 0.05) is 13.6 Å². The second-order valence-electron chi connectivity index (χ2n) is 6.90. The average Bonchev–Trinajstić information content (AvgIpc) is 3.03. The predicted molar refractivity (Wildman–Crippen MR) is 91.3 cm³/mol. The molecule has 9 nitrogen and oxygen atoms in total. The summed E-state index contributed by atoms with van der Waals surface area (Å²) in [5.41, 5.74) is -0.601. The number of sulfonamides is 1. The molecule has 0 bridgehead atoms. The zero-order chi connectivity index (χ0) is 19.3. The maximum absolute atomic E-state index is 13.1. The maximum Gasteiger partial charge on any atom is 0.257 e. The highest BCUT2D eigenvalue weighted by molar-refractivity contribution is 7.89. The van der Waals surface area contributed by atoms with Crippen molar-refractivity contribution < 1.29 is 32.5 Å². The van der Waals surface area contributed by atoms with Crippen molar-refractivity contribution in [3.63, 3.8) is 0 Å². The Labute approximate surface area is 151 Å². The third kappa shape index (κ3) is 2.87. The molecule has 0 saturated carbocycles. The monoisotopic (exact) mass is 386 g/mol. The number of fused-ring (bicyclic) bond motifs is 2. The number of methoxy groups -OCH3 is 1. The van der Waals surface area contributed by atoms with Gasteiger partial charge in [0.25, 0.3) is 5.91 Å². The zero-order valence-corrected chi connectivity index (χ0v) is 15.9. The van der Waals surface area contributed by atoms with Crippen LogP contribution in [0.5, 0.6) is 17.2 Å². The van der Waals surface area contributed by atoms with Gasteiger partial charge < -0.3 is 24.2 Å². The van der Waals surface area contributed by atoms with Crippen LogP contribution in [0.25, 0.3) is 0 Å². The summed E-state index contributed by atoms with van der Waals surface area (Å²) in [4.78, 5) is 14.1. The van der Waals surface area contributed by atoms with E-state index in [0.29, 0.717) is 18.5 Å². The Bertz CT molecular complexity index is 864. The van der Waals surface area contributed by atoms with Crippen LogP contribution in [0.2, 0.25) is 0 Å². The van der Waals surface area contributed by atoms with E-state index in [-0.39, 0.29) is 40.4 Å². The van der Waals surface area contributed by atoms with Gasteiger partial charge in [-0.25, -0.2) is 13.1 Å². The molecule has 0 aliphatic carbocycles. The highest BCUT2D eigenvalue weighted by Crippen LogP contribution is 2.51. The first-order valence-corrected chi connectivity index (χ1v) is 9.54. The van der Waals surface area contributed by atoms with Crippen molar-refractivity contribution in [3.05, 3.63) is 11.1 Å². The van der Waals surface area contributed by atoms with Gasteiger partial charge in [-0.15, -0.1) is 0 Å². The standard InChI is InChI=1S/C16H22N2O7S/c1-16(2,7-19)17-26(21,22)14-9-5-6-18(3)15(20)10(9)11(23-4)12-13(14)25-8-24-12/h17,19H,5-8H2,1-4H3. The van der Waals surface area contributed by atoms with E-state index < -0.39 is 22.2 Å². The van der Waals surface area contributed by atoms with E-state index in [1.165, 1.54) is 12.0 Å². The molecule has 1 aromatic carbocycles. The first-order chi connectivity index (χ1) is 12.1. The first-order valence-electron chi connectivity index (χ1n) is 8.05. The lowest BCUT2D eigenvalue weighted by Crippen LogP contribution is -2.46. The van der Waals surface area contributed by atoms with Crippen LogP contribution in [0.1, 0.15) is 29.8 Å². The Balaban J connectivity index is 2.30. The molecule has 0 fully saturated rings. The van der Waals surface area contributed by atoms with Crippen LogP contribution in [0.4, 0.5) is 0 Å². The third-order valence-electron chi connectivity index (χ3n) is 4.36. The number of nitrogens with one attached hydrogen (secondary N) is 1. The fraction of sp³-hybridized carbons (Fsp3) is 0.562. The van der Waals surface area contributed by atoms with Crippen molar-refractivity contribution in [3.8, 4) is 17.2 Å². The fourth-order valence-corrected chi connectivity index (χ4v) is 4.90. The van der Waals surface area contributed by atoms with Gasteiger partial charge in [0.15, 0.2) is 11.5 Å². The van der Waals surface area contributed by atoms with Crippen molar-refractivity contribution in [1.82, 2.24) is 9.62 Å². The Morgan fingerprint density at radius 1 is 1.31 bits per heavy atom. The quantitative estimate of drug-likeness (QED) is 0.738. The second kappa shape index (κ2) is 6.29. The summed E-state index contributed by atoms with van der Waals surface area (Å²) in [5.74, 6) is -0.0556. The molecular formula is C16H22N2O7S. The molecule has 0 radical (unpaired) electrons. The van der Waals surface area contributed by atoms with Crippen molar-refractivity contribution in [1.29, 1.82) is 0 Å². The molecule has 0 spiro atoms. The van der Waals surface area contributed by atoms with Crippen LogP contribution in [0.15, 0.2) is 4.90 Å². The lowest BCUT2D eigenvalue weighted by molar-refractivity contribution is 0.0775. The number of amides is 1. The van der Waals surface area contributed by atoms with Gasteiger partial charge in [0.2, 0.25) is 22.6 Å². The third-order valence-corrected chi connectivity index (χ3v) is 6.16. The molecule has 1 aromatic rings. The number of likely N-dealkylation sites (N-methyl/N-ethyl adjacent to an activating group) is 1. The van der Waals surface area contributed by atoms with Gasteiger partial charge in [-0.2, -0.15) is 0 Å². The molecule has 0 atom stereocenters. The number of aliphatic hydroxyl groups is 1. The normalized spacial score (nSPS) is 16.7. The first kappa shape index (κ1) is 18.7. The van der Waals surface area contributed by atoms with Crippen LogP contribution >= 0.6 is 0 Å². The van der Waals surface area contributed by atoms with Crippen LogP contribution in [-0.4, -0.2) is 64.0 Å². The number of hydrogen-bond acceptors (Lipinski definition) is 7. The van der Waals surface area contributed by atoms with Crippen molar-refractivity contribution in [2.45, 2.75) is 30.7 Å². The smallest absolute Gasteiger partial charge is 0.257 e. The second-order valence-corrected chi connectivity index (χ2v) is 8.52. The predicted octanol–water partition coefficient (Wildman–Crippen LogP) is 0.101. The van der Waals surface area contributed by atoms with E-state index in [4.69, 9.17) is 14.2 Å². The van der Waals surface area contributed by atoms with Crippen LogP contribution in [0, 0.1) is 0 Å². The van der Waals surface area contributed by atoms with E-state index >= 15 is 0 Å². The Hall–Kier alpha value is -2.04. The summed E-state index contributed by atoms with van der Waals surface area (Å²) in [6.45, 7) is 2.89. The number of rotatable bonds is 5. The van der Waals surface area contributed by atoms with Crippen molar-refractivity contribution >= 4 is 15.9 Å². The maximum atomic E-state index is 13.1. The number of benzene rings is 1. The Kier molecular flexibility index (Phi) is 4.53. The van der Waals surface area contributed by atoms with Crippen LogP contribution in [-0.2, 0) is 16.4 Å². The molecule has 0 saturated heterocycles. The number of hydrogen-bond donors (Lipinski definition) is 2. The van der Waals surface area contributed by atoms with E-state index in [9.17, 15) is 18.3 Å². The van der Waals surface area contributed by atoms with E-state index in [2.05, 4.69) is 4.72 Å². The molecule has 3 rings (SSSR count). The molecule has 1 amide bonds. The minimum absolute atomic E-state index is 0.0270. The molecule has 2 N–H and O–H groups in total. The van der Waals surface area contributed by atoms with Gasteiger partial charge in [-0.1, -0.05) is 0 Å². The number of carbonyl (C=O) groups is 1. The van der Waals surface area contributed by atoms with E-state index in [1.807, 2.05) is 0 Å². The van der Waals surface area contributed by atoms with Gasteiger partial charge in [-0.05, 0) is 25.8 Å². The molecule has 0 unspecified atom stereocenters. The van der Waals surface area contributed by atoms with Crippen LogP contribution in [0.3, 0.4) is 0 Å². The highest BCUT2D eigenvalue weighted by atomic mass is 32.2. The Morgan fingerprint density at radius 2 is 1.96 bits per heavy atom. The zero-order valence-electron chi connectivity index (χ0n) is 15.1. The van der Waals surface area contributed by atoms with Gasteiger partial charge in [0.1, 0.15) is 4.90 Å². The summed E-state index contributed by atoms with van der Waals surface area (Å²) in [5, 5.41) is 9.43. The van der Waals surface area contributed by atoms with Crippen molar-refractivity contribution in [2.24, 2.45) is 0 Å². The van der Waals surface area contributed by atoms with E-state index in [0.717, 1.165) is 0 Å². The fourth-order valence-electron chi connectivity index (χ4n) is 3.08. The minimum Gasteiger partial charge on any atom is -0.492 e. The molecule has 2 aliphatic heterocycles. The van der Waals surface area contributed by atoms with Crippen LogP contribution < -0.4 is 18.9 Å². The topological polar surface area (TPSA) is 114 Å². The molecule has 0 aromatic heterocycles. The summed E-state index contributed by atoms with van der Waals surface area (Å²) < 4.78 is 44.9. The van der Waals surface area contributed by atoms with Gasteiger partial charge in [-0.3, -0.25) is 4.79 Å². The summed E-state index contributed by atoms with van der Waals surface area (Å²) >= 11 is 0. The lowest BCUT2D eigenvalue weighted by Gasteiger charge is -2.30.